The van der Waals surface area contributed by atoms with Gasteiger partial charge in [0.2, 0.25) is 0 Å². The Kier molecular flexibility index (Phi) is 5.38. The van der Waals surface area contributed by atoms with Gasteiger partial charge in [-0.25, -0.2) is 4.98 Å². The lowest BCUT2D eigenvalue weighted by molar-refractivity contribution is 0.0696. The monoisotopic (exact) mass is 406 g/mol. The maximum Gasteiger partial charge on any atom is 0.251 e. The van der Waals surface area contributed by atoms with Crippen LogP contribution < -0.4 is 10.2 Å². The number of aromatic amines is 1. The molecule has 30 heavy (non-hydrogen) atoms. The molecule has 7 heteroatoms. The number of nitrogens with zero attached hydrogens (tertiary/aromatic N) is 2. The van der Waals surface area contributed by atoms with E-state index in [1.165, 1.54) is 0 Å². The van der Waals surface area contributed by atoms with E-state index in [4.69, 9.17) is 9.47 Å². The Morgan fingerprint density at radius 3 is 2.63 bits per heavy atom. The van der Waals surface area contributed by atoms with Crippen molar-refractivity contribution in [3.63, 3.8) is 0 Å². The van der Waals surface area contributed by atoms with Crippen LogP contribution in [0.5, 0.6) is 0 Å². The molecular formula is C23H26N4O3. The topological polar surface area (TPSA) is 79.5 Å². The van der Waals surface area contributed by atoms with Gasteiger partial charge in [-0.1, -0.05) is 6.07 Å². The third-order valence-corrected chi connectivity index (χ3v) is 5.89. The van der Waals surface area contributed by atoms with Crippen LogP contribution in [0, 0.1) is 0 Å². The van der Waals surface area contributed by atoms with Crippen molar-refractivity contribution in [2.45, 2.75) is 18.9 Å². The first-order valence-corrected chi connectivity index (χ1v) is 10.6. The predicted octanol–water partition coefficient (Wildman–Crippen LogP) is 2.98. The van der Waals surface area contributed by atoms with Gasteiger partial charge in [0.15, 0.2) is 0 Å². The van der Waals surface area contributed by atoms with Gasteiger partial charge in [0.1, 0.15) is 5.82 Å². The second-order valence-electron chi connectivity index (χ2n) is 7.83. The number of benzene rings is 1. The number of hydrogen-bond donors (Lipinski definition) is 2. The Morgan fingerprint density at radius 2 is 1.87 bits per heavy atom. The molecule has 156 valence electrons. The highest BCUT2D eigenvalue weighted by molar-refractivity contribution is 6.02. The summed E-state index contributed by atoms with van der Waals surface area (Å²) in [6, 6.07) is 10.2. The van der Waals surface area contributed by atoms with Crippen molar-refractivity contribution >= 4 is 22.6 Å². The van der Waals surface area contributed by atoms with Crippen LogP contribution in [0.3, 0.4) is 0 Å². The van der Waals surface area contributed by atoms with Crippen molar-refractivity contribution in [1.82, 2.24) is 15.3 Å². The molecule has 2 saturated heterocycles. The number of rotatable bonds is 4. The Bertz CT molecular complexity index is 1020. The molecule has 4 heterocycles. The molecule has 0 spiro atoms. The minimum atomic E-state index is -0.0310. The van der Waals surface area contributed by atoms with Crippen molar-refractivity contribution in [2.24, 2.45) is 0 Å². The molecular weight excluding hydrogens is 380 g/mol. The number of ether oxygens (including phenoxy) is 2. The Labute approximate surface area is 175 Å². The van der Waals surface area contributed by atoms with Crippen LogP contribution in [0.15, 0.2) is 42.7 Å². The molecule has 5 rings (SSSR count). The number of hydrogen-bond acceptors (Lipinski definition) is 5. The molecule has 2 aliphatic rings. The molecule has 3 aromatic rings. The Balaban J connectivity index is 1.34. The third-order valence-electron chi connectivity index (χ3n) is 5.89. The number of carbonyl (C=O) groups is 1. The van der Waals surface area contributed by atoms with Gasteiger partial charge in [0.25, 0.3) is 5.91 Å². The fourth-order valence-electron chi connectivity index (χ4n) is 4.14. The number of anilines is 1. The summed E-state index contributed by atoms with van der Waals surface area (Å²) in [6.45, 7) is 4.66. The van der Waals surface area contributed by atoms with Gasteiger partial charge in [-0.3, -0.25) is 4.79 Å². The molecule has 0 atom stereocenters. The minimum Gasteiger partial charge on any atom is -0.381 e. The van der Waals surface area contributed by atoms with Crippen LogP contribution >= 0.6 is 0 Å². The quantitative estimate of drug-likeness (QED) is 0.696. The number of amides is 1. The van der Waals surface area contributed by atoms with E-state index < -0.39 is 0 Å². The number of morpholine rings is 1. The molecule has 0 bridgehead atoms. The van der Waals surface area contributed by atoms with Crippen molar-refractivity contribution in [3.8, 4) is 11.1 Å². The van der Waals surface area contributed by atoms with E-state index in [9.17, 15) is 4.79 Å². The molecule has 1 aromatic carbocycles. The largest absolute Gasteiger partial charge is 0.381 e. The molecule has 0 saturated carbocycles. The van der Waals surface area contributed by atoms with Gasteiger partial charge in [0.05, 0.1) is 13.2 Å². The molecule has 2 N–H and O–H groups in total. The first kappa shape index (κ1) is 19.1. The molecule has 0 radical (unpaired) electrons. The first-order valence-electron chi connectivity index (χ1n) is 10.6. The second-order valence-corrected chi connectivity index (χ2v) is 7.83. The van der Waals surface area contributed by atoms with Crippen LogP contribution in [0.1, 0.15) is 23.2 Å². The number of nitrogens with one attached hydrogen (secondary N) is 2. The van der Waals surface area contributed by atoms with Gasteiger partial charge in [0, 0.05) is 72.3 Å². The zero-order valence-corrected chi connectivity index (χ0v) is 16.9. The number of aromatic nitrogens is 2. The number of carbonyl (C=O) groups excluding carboxylic acids is 1. The van der Waals surface area contributed by atoms with E-state index >= 15 is 0 Å². The highest BCUT2D eigenvalue weighted by Gasteiger charge is 2.18. The Morgan fingerprint density at radius 1 is 1.07 bits per heavy atom. The smallest absolute Gasteiger partial charge is 0.251 e. The van der Waals surface area contributed by atoms with Crippen LogP contribution in [-0.2, 0) is 9.47 Å². The molecule has 2 aromatic heterocycles. The van der Waals surface area contributed by atoms with Crippen LogP contribution in [-0.4, -0.2) is 61.4 Å². The van der Waals surface area contributed by atoms with E-state index in [0.29, 0.717) is 18.8 Å². The van der Waals surface area contributed by atoms with E-state index in [1.54, 1.807) is 0 Å². The Hall–Kier alpha value is -2.90. The van der Waals surface area contributed by atoms with E-state index in [1.807, 2.05) is 30.6 Å². The SMILES string of the molecule is O=C(NC1CCOCC1)c1ccc2c(-c3ccc(N4CCOCC4)nc3)c[nH]c2c1. The molecule has 0 aliphatic carbocycles. The van der Waals surface area contributed by atoms with Gasteiger partial charge in [-0.15, -0.1) is 0 Å². The zero-order valence-electron chi connectivity index (χ0n) is 16.9. The summed E-state index contributed by atoms with van der Waals surface area (Å²) in [7, 11) is 0. The number of fused-ring (bicyclic) bond motifs is 1. The van der Waals surface area contributed by atoms with Gasteiger partial charge in [-0.2, -0.15) is 0 Å². The highest BCUT2D eigenvalue weighted by Crippen LogP contribution is 2.30. The number of H-pyrrole nitrogens is 1. The van der Waals surface area contributed by atoms with Crippen molar-refractivity contribution in [1.29, 1.82) is 0 Å². The molecule has 2 aliphatic heterocycles. The molecule has 0 unspecified atom stereocenters. The summed E-state index contributed by atoms with van der Waals surface area (Å²) < 4.78 is 10.8. The molecule has 7 nitrogen and oxygen atoms in total. The lowest BCUT2D eigenvalue weighted by Crippen LogP contribution is -2.38. The second kappa shape index (κ2) is 8.45. The van der Waals surface area contributed by atoms with Crippen molar-refractivity contribution in [2.75, 3.05) is 44.4 Å². The minimum absolute atomic E-state index is 0.0310. The summed E-state index contributed by atoms with van der Waals surface area (Å²) in [5.41, 5.74) is 3.75. The number of pyridine rings is 1. The van der Waals surface area contributed by atoms with E-state index in [0.717, 1.165) is 67.0 Å². The van der Waals surface area contributed by atoms with Crippen LogP contribution in [0.4, 0.5) is 5.82 Å². The lowest BCUT2D eigenvalue weighted by atomic mass is 10.0. The van der Waals surface area contributed by atoms with E-state index in [-0.39, 0.29) is 11.9 Å². The van der Waals surface area contributed by atoms with Crippen molar-refractivity contribution < 1.29 is 14.3 Å². The summed E-state index contributed by atoms with van der Waals surface area (Å²) in [4.78, 5) is 22.8. The fraction of sp³-hybridized carbons (Fsp3) is 0.391. The maximum atomic E-state index is 12.6. The normalized spacial score (nSPS) is 17.9. The standard InChI is InChI=1S/C23H26N4O3/c28-23(26-18-5-9-29-10-6-18)16-1-3-19-20(15-24-21(19)13-16)17-2-4-22(25-14-17)27-7-11-30-12-8-27/h1-4,13-15,18,24H,5-12H2,(H,26,28). The summed E-state index contributed by atoms with van der Waals surface area (Å²) in [5.74, 6) is 0.949. The fourth-order valence-corrected chi connectivity index (χ4v) is 4.14. The van der Waals surface area contributed by atoms with Crippen LogP contribution in [0.25, 0.3) is 22.0 Å². The molecule has 2 fully saturated rings. The third kappa shape index (κ3) is 3.91. The average molecular weight is 406 g/mol. The first-order chi connectivity index (χ1) is 14.8. The average Bonchev–Trinajstić information content (AvgIpc) is 3.24. The van der Waals surface area contributed by atoms with Gasteiger partial charge < -0.3 is 24.7 Å². The highest BCUT2D eigenvalue weighted by atomic mass is 16.5. The van der Waals surface area contributed by atoms with E-state index in [2.05, 4.69) is 32.3 Å². The maximum absolute atomic E-state index is 12.6. The predicted molar refractivity (Wildman–Crippen MR) is 116 cm³/mol. The summed E-state index contributed by atoms with van der Waals surface area (Å²) >= 11 is 0. The van der Waals surface area contributed by atoms with Gasteiger partial charge >= 0.3 is 0 Å². The summed E-state index contributed by atoms with van der Waals surface area (Å²) in [5, 5.41) is 4.20. The molecule has 1 amide bonds. The van der Waals surface area contributed by atoms with Crippen molar-refractivity contribution in [3.05, 3.63) is 48.3 Å². The summed E-state index contributed by atoms with van der Waals surface area (Å²) in [6.07, 6.45) is 5.64. The van der Waals surface area contributed by atoms with Gasteiger partial charge in [-0.05, 0) is 37.1 Å². The van der Waals surface area contributed by atoms with Crippen LogP contribution in [0.2, 0.25) is 0 Å². The zero-order chi connectivity index (χ0) is 20.3. The lowest BCUT2D eigenvalue weighted by Gasteiger charge is -2.27.